The molecule has 0 saturated heterocycles. The summed E-state index contributed by atoms with van der Waals surface area (Å²) < 4.78 is 53.8. The number of rotatable bonds is 6. The molecule has 0 aliphatic carbocycles. The topological polar surface area (TPSA) is 72.5 Å². The van der Waals surface area contributed by atoms with Gasteiger partial charge in [-0.3, -0.25) is 4.79 Å². The minimum Gasteiger partial charge on any atom is -0.490 e. The molecule has 0 fully saturated rings. The van der Waals surface area contributed by atoms with Gasteiger partial charge in [-0.15, -0.1) is 0 Å². The van der Waals surface area contributed by atoms with Crippen LogP contribution in [0.1, 0.15) is 13.3 Å². The third-order valence-corrected chi connectivity index (χ3v) is 3.57. The van der Waals surface area contributed by atoms with Crippen molar-refractivity contribution in [2.45, 2.75) is 18.2 Å². The lowest BCUT2D eigenvalue weighted by Gasteiger charge is -2.09. The van der Waals surface area contributed by atoms with Crippen LogP contribution in [-0.4, -0.2) is 27.5 Å². The van der Waals surface area contributed by atoms with E-state index in [4.69, 9.17) is 15.4 Å². The van der Waals surface area contributed by atoms with Crippen LogP contribution in [0.2, 0.25) is 0 Å². The highest BCUT2D eigenvalue weighted by Crippen LogP contribution is 2.27. The molecule has 0 radical (unpaired) electrons. The fraction of sp³-hybridized carbons (Fsp3) is 0.364. The van der Waals surface area contributed by atoms with Gasteiger partial charge in [-0.05, 0) is 19.1 Å². The number of hydrogen-bond donors (Lipinski definition) is 1. The van der Waals surface area contributed by atoms with Crippen LogP contribution in [-0.2, 0) is 13.8 Å². The van der Waals surface area contributed by atoms with Crippen LogP contribution in [0.5, 0.6) is 5.75 Å². The van der Waals surface area contributed by atoms with E-state index in [1.807, 2.05) is 0 Å². The highest BCUT2D eigenvalue weighted by Gasteiger charge is 2.22. The average molecular weight is 328 g/mol. The van der Waals surface area contributed by atoms with Gasteiger partial charge in [-0.25, -0.2) is 12.8 Å². The Balaban J connectivity index is 2.79. The van der Waals surface area contributed by atoms with Gasteiger partial charge >= 0.3 is 0 Å². The summed E-state index contributed by atoms with van der Waals surface area (Å²) in [5, 5.41) is 2.50. The van der Waals surface area contributed by atoms with Crippen LogP contribution in [0.15, 0.2) is 17.0 Å². The molecule has 0 unspecified atom stereocenters. The maximum Gasteiger partial charge on any atom is 0.264 e. The molecule has 1 aromatic rings. The minimum atomic E-state index is -4.38. The van der Waals surface area contributed by atoms with Crippen molar-refractivity contribution in [3.05, 3.63) is 23.8 Å². The number of ether oxygens (including phenoxy) is 1. The molecule has 0 saturated carbocycles. The standard InChI is InChI=1S/C11H12ClF2NO4S/c1-2-15-9(16)5-6-19-7-3-4-8(20(12,17)18)11(14)10(7)13/h3-4H,2,5-6H2,1H3,(H,15,16). The van der Waals surface area contributed by atoms with E-state index in [9.17, 15) is 22.0 Å². The molecule has 0 heterocycles. The summed E-state index contributed by atoms with van der Waals surface area (Å²) >= 11 is 0. The number of nitrogens with one attached hydrogen (secondary N) is 1. The molecule has 0 bridgehead atoms. The average Bonchev–Trinajstić information content (AvgIpc) is 2.33. The van der Waals surface area contributed by atoms with Gasteiger partial charge in [0, 0.05) is 17.2 Å². The third-order valence-electron chi connectivity index (χ3n) is 2.23. The first-order chi connectivity index (χ1) is 9.27. The number of benzene rings is 1. The largest absolute Gasteiger partial charge is 0.490 e. The smallest absolute Gasteiger partial charge is 0.264 e. The first-order valence-electron chi connectivity index (χ1n) is 5.59. The molecule has 0 atom stereocenters. The molecule has 0 spiro atoms. The molecule has 9 heteroatoms. The van der Waals surface area contributed by atoms with Gasteiger partial charge in [-0.2, -0.15) is 4.39 Å². The van der Waals surface area contributed by atoms with E-state index in [0.717, 1.165) is 12.1 Å². The highest BCUT2D eigenvalue weighted by molar-refractivity contribution is 8.13. The summed E-state index contributed by atoms with van der Waals surface area (Å²) in [4.78, 5) is 10.1. The Kier molecular flexibility index (Phi) is 5.70. The van der Waals surface area contributed by atoms with Gasteiger partial charge in [-0.1, -0.05) is 0 Å². The minimum absolute atomic E-state index is 0.0372. The lowest BCUT2D eigenvalue weighted by atomic mass is 10.3. The van der Waals surface area contributed by atoms with E-state index in [-0.39, 0.29) is 18.9 Å². The summed E-state index contributed by atoms with van der Waals surface area (Å²) in [6, 6.07) is 1.73. The highest BCUT2D eigenvalue weighted by atomic mass is 35.7. The van der Waals surface area contributed by atoms with E-state index in [1.54, 1.807) is 6.92 Å². The Morgan fingerprint density at radius 3 is 2.55 bits per heavy atom. The van der Waals surface area contributed by atoms with Crippen molar-refractivity contribution in [3.8, 4) is 5.75 Å². The number of amides is 1. The van der Waals surface area contributed by atoms with Crippen LogP contribution in [0.25, 0.3) is 0 Å². The van der Waals surface area contributed by atoms with Crippen LogP contribution < -0.4 is 10.1 Å². The lowest BCUT2D eigenvalue weighted by molar-refractivity contribution is -0.121. The van der Waals surface area contributed by atoms with Crippen molar-refractivity contribution in [1.29, 1.82) is 0 Å². The molecule has 1 aromatic carbocycles. The molecule has 1 N–H and O–H groups in total. The zero-order valence-corrected chi connectivity index (χ0v) is 12.0. The number of halogens is 3. The SMILES string of the molecule is CCNC(=O)CCOc1ccc(S(=O)(=O)Cl)c(F)c1F. The van der Waals surface area contributed by atoms with E-state index in [0.29, 0.717) is 6.54 Å². The first-order valence-corrected chi connectivity index (χ1v) is 7.90. The van der Waals surface area contributed by atoms with E-state index >= 15 is 0 Å². The molecule has 20 heavy (non-hydrogen) atoms. The van der Waals surface area contributed by atoms with Crippen LogP contribution in [0, 0.1) is 11.6 Å². The maximum absolute atomic E-state index is 13.5. The Hall–Kier alpha value is -1.41. The number of carbonyl (C=O) groups is 1. The van der Waals surface area contributed by atoms with Crippen molar-refractivity contribution in [2.24, 2.45) is 0 Å². The third kappa shape index (κ3) is 4.31. The van der Waals surface area contributed by atoms with Gasteiger partial charge < -0.3 is 10.1 Å². The second-order valence-electron chi connectivity index (χ2n) is 3.68. The quantitative estimate of drug-likeness (QED) is 0.809. The zero-order valence-electron chi connectivity index (χ0n) is 10.5. The number of carbonyl (C=O) groups excluding carboxylic acids is 1. The van der Waals surface area contributed by atoms with E-state index < -0.39 is 31.3 Å². The molecule has 1 rings (SSSR count). The molecule has 5 nitrogen and oxygen atoms in total. The molecular weight excluding hydrogens is 316 g/mol. The normalized spacial score (nSPS) is 11.2. The zero-order chi connectivity index (χ0) is 15.3. The van der Waals surface area contributed by atoms with Gasteiger partial charge in [0.1, 0.15) is 4.90 Å². The molecule has 0 aromatic heterocycles. The predicted molar refractivity (Wildman–Crippen MR) is 68.2 cm³/mol. The van der Waals surface area contributed by atoms with Crippen LogP contribution in [0.4, 0.5) is 8.78 Å². The van der Waals surface area contributed by atoms with Crippen molar-refractivity contribution in [2.75, 3.05) is 13.2 Å². The molecular formula is C11H12ClF2NO4S. The number of hydrogen-bond acceptors (Lipinski definition) is 4. The Morgan fingerprint density at radius 2 is 2.00 bits per heavy atom. The van der Waals surface area contributed by atoms with Crippen LogP contribution >= 0.6 is 10.7 Å². The lowest BCUT2D eigenvalue weighted by Crippen LogP contribution is -2.24. The van der Waals surface area contributed by atoms with Crippen molar-refractivity contribution >= 4 is 25.6 Å². The van der Waals surface area contributed by atoms with Gasteiger partial charge in [0.15, 0.2) is 11.6 Å². The molecule has 0 aliphatic rings. The van der Waals surface area contributed by atoms with Crippen molar-refractivity contribution in [1.82, 2.24) is 5.32 Å². The fourth-order valence-corrected chi connectivity index (χ4v) is 2.24. The Bertz CT molecular complexity index is 607. The van der Waals surface area contributed by atoms with Crippen LogP contribution in [0.3, 0.4) is 0 Å². The van der Waals surface area contributed by atoms with Crippen molar-refractivity contribution < 1.29 is 26.7 Å². The predicted octanol–water partition coefficient (Wildman–Crippen LogP) is 1.80. The molecule has 0 aliphatic heterocycles. The Morgan fingerprint density at radius 1 is 1.35 bits per heavy atom. The second kappa shape index (κ2) is 6.85. The summed E-state index contributed by atoms with van der Waals surface area (Å²) in [5.41, 5.74) is 0. The maximum atomic E-state index is 13.5. The first kappa shape index (κ1) is 16.6. The van der Waals surface area contributed by atoms with Crippen molar-refractivity contribution in [3.63, 3.8) is 0 Å². The molecule has 112 valence electrons. The van der Waals surface area contributed by atoms with E-state index in [1.165, 1.54) is 0 Å². The summed E-state index contributed by atoms with van der Waals surface area (Å²) in [6.45, 7) is 2.01. The van der Waals surface area contributed by atoms with Gasteiger partial charge in [0.25, 0.3) is 9.05 Å². The molecule has 1 amide bonds. The van der Waals surface area contributed by atoms with Gasteiger partial charge in [0.05, 0.1) is 13.0 Å². The summed E-state index contributed by atoms with van der Waals surface area (Å²) in [7, 11) is 0.564. The fourth-order valence-electron chi connectivity index (χ4n) is 1.35. The van der Waals surface area contributed by atoms with E-state index in [2.05, 4.69) is 5.32 Å². The summed E-state index contributed by atoms with van der Waals surface area (Å²) in [5.74, 6) is -3.87. The second-order valence-corrected chi connectivity index (χ2v) is 6.21. The Labute approximate surface area is 119 Å². The monoisotopic (exact) mass is 327 g/mol. The van der Waals surface area contributed by atoms with Gasteiger partial charge in [0.2, 0.25) is 11.7 Å². The summed E-state index contributed by atoms with van der Waals surface area (Å²) in [6.07, 6.45) is -0.0372.